The van der Waals surface area contributed by atoms with E-state index < -0.39 is 20.9 Å². The molecule has 0 atom stereocenters. The zero-order valence-corrected chi connectivity index (χ0v) is 24.9. The predicted octanol–water partition coefficient (Wildman–Crippen LogP) is 6.46. The first kappa shape index (κ1) is 29.5. The third kappa shape index (κ3) is 6.61. The molecule has 40 heavy (non-hydrogen) atoms. The first-order valence-corrected chi connectivity index (χ1v) is 15.5. The van der Waals surface area contributed by atoms with Gasteiger partial charge in [-0.05, 0) is 66.6 Å². The Morgan fingerprint density at radius 3 is 2.42 bits per heavy atom. The predicted molar refractivity (Wildman–Crippen MR) is 161 cm³/mol. The zero-order valence-electron chi connectivity index (χ0n) is 21.7. The maximum atomic E-state index is 13.7. The molecule has 0 unspecified atom stereocenters. The summed E-state index contributed by atoms with van der Waals surface area (Å²) < 4.78 is 29.3. The highest BCUT2D eigenvalue weighted by atomic mass is 79.9. The van der Waals surface area contributed by atoms with Crippen LogP contribution in [0.5, 0.6) is 0 Å². The van der Waals surface area contributed by atoms with Crippen LogP contribution < -0.4 is 5.01 Å². The Bertz CT molecular complexity index is 1660. The van der Waals surface area contributed by atoms with E-state index in [-0.39, 0.29) is 16.1 Å². The van der Waals surface area contributed by atoms with Gasteiger partial charge in [0.25, 0.3) is 11.6 Å². The largest absolute Gasteiger partial charge is 0.280 e. The van der Waals surface area contributed by atoms with Crippen LogP contribution in [0, 0.1) is 10.1 Å². The Morgan fingerprint density at radius 1 is 1.10 bits per heavy atom. The van der Waals surface area contributed by atoms with E-state index in [1.807, 2.05) is 25.1 Å². The normalized spacial score (nSPS) is 11.9. The molecular formula is C27H26BrN5O5S2. The smallest absolute Gasteiger partial charge is 0.267 e. The van der Waals surface area contributed by atoms with Crippen LogP contribution in [0.2, 0.25) is 0 Å². The van der Waals surface area contributed by atoms with Crippen molar-refractivity contribution in [1.29, 1.82) is 0 Å². The summed E-state index contributed by atoms with van der Waals surface area (Å²) in [5, 5.41) is 16.8. The minimum absolute atomic E-state index is 0.0618. The van der Waals surface area contributed by atoms with Crippen molar-refractivity contribution in [3.63, 3.8) is 0 Å². The molecule has 1 heterocycles. The van der Waals surface area contributed by atoms with Gasteiger partial charge in [0.05, 0.1) is 26.3 Å². The second-order valence-corrected chi connectivity index (χ2v) is 12.6. The Labute approximate surface area is 244 Å². The van der Waals surface area contributed by atoms with Crippen molar-refractivity contribution in [2.45, 2.75) is 31.6 Å². The molecule has 4 aromatic rings. The SMILES string of the molecule is CCCCN(CC)S(=O)(=O)c1ccc(C(=O)N(/N=C/c2ccc([N+](=O)[O-])cc2)c2nc3ccc(Br)cc3s2)cc1. The minimum Gasteiger partial charge on any atom is -0.267 e. The lowest BCUT2D eigenvalue weighted by Crippen LogP contribution is -2.32. The quantitative estimate of drug-likeness (QED) is 0.105. The van der Waals surface area contributed by atoms with Crippen LogP contribution in [0.25, 0.3) is 10.2 Å². The number of fused-ring (bicyclic) bond motifs is 1. The fourth-order valence-corrected chi connectivity index (χ4v) is 6.76. The van der Waals surface area contributed by atoms with Crippen molar-refractivity contribution in [2.24, 2.45) is 5.10 Å². The zero-order chi connectivity index (χ0) is 28.9. The molecule has 10 nitrogen and oxygen atoms in total. The molecule has 4 rings (SSSR count). The average Bonchev–Trinajstić information content (AvgIpc) is 3.36. The van der Waals surface area contributed by atoms with Gasteiger partial charge in [-0.25, -0.2) is 13.4 Å². The number of amides is 1. The number of sulfonamides is 1. The van der Waals surface area contributed by atoms with E-state index in [1.54, 1.807) is 6.92 Å². The number of carbonyl (C=O) groups excluding carboxylic acids is 1. The highest BCUT2D eigenvalue weighted by Crippen LogP contribution is 2.32. The van der Waals surface area contributed by atoms with E-state index in [1.165, 1.54) is 70.4 Å². The number of benzene rings is 3. The minimum atomic E-state index is -3.70. The van der Waals surface area contributed by atoms with Gasteiger partial charge in [-0.1, -0.05) is 47.5 Å². The number of carbonyl (C=O) groups is 1. The van der Waals surface area contributed by atoms with Crippen LogP contribution in [0.3, 0.4) is 0 Å². The van der Waals surface area contributed by atoms with E-state index in [0.29, 0.717) is 29.3 Å². The summed E-state index contributed by atoms with van der Waals surface area (Å²) in [6.45, 7) is 4.57. The summed E-state index contributed by atoms with van der Waals surface area (Å²) in [7, 11) is -3.70. The van der Waals surface area contributed by atoms with Crippen LogP contribution >= 0.6 is 27.3 Å². The highest BCUT2D eigenvalue weighted by Gasteiger charge is 2.25. The van der Waals surface area contributed by atoms with Crippen LogP contribution in [-0.4, -0.2) is 47.8 Å². The van der Waals surface area contributed by atoms with Crippen molar-refractivity contribution in [3.05, 3.63) is 92.4 Å². The Hall–Kier alpha value is -3.52. The maximum Gasteiger partial charge on any atom is 0.280 e. The van der Waals surface area contributed by atoms with E-state index >= 15 is 0 Å². The lowest BCUT2D eigenvalue weighted by atomic mass is 10.2. The van der Waals surface area contributed by atoms with Crippen LogP contribution in [-0.2, 0) is 10.0 Å². The summed E-state index contributed by atoms with van der Waals surface area (Å²) >= 11 is 4.71. The maximum absolute atomic E-state index is 13.7. The molecule has 0 bridgehead atoms. The van der Waals surface area contributed by atoms with Gasteiger partial charge < -0.3 is 0 Å². The number of nitrogens with zero attached hydrogens (tertiary/aromatic N) is 5. The number of nitro groups is 1. The van der Waals surface area contributed by atoms with Crippen molar-refractivity contribution in [3.8, 4) is 0 Å². The number of nitro benzene ring substituents is 1. The summed E-state index contributed by atoms with van der Waals surface area (Å²) in [6, 6.07) is 17.1. The summed E-state index contributed by atoms with van der Waals surface area (Å²) in [4.78, 5) is 28.8. The third-order valence-electron chi connectivity index (χ3n) is 5.99. The van der Waals surface area contributed by atoms with E-state index in [9.17, 15) is 23.3 Å². The summed E-state index contributed by atoms with van der Waals surface area (Å²) in [5.41, 5.74) is 1.38. The van der Waals surface area contributed by atoms with E-state index in [4.69, 9.17) is 0 Å². The van der Waals surface area contributed by atoms with Crippen molar-refractivity contribution >= 4 is 70.4 Å². The van der Waals surface area contributed by atoms with Gasteiger partial charge in [0.2, 0.25) is 15.2 Å². The van der Waals surface area contributed by atoms with Crippen LogP contribution in [0.15, 0.2) is 81.2 Å². The van der Waals surface area contributed by atoms with Crippen molar-refractivity contribution in [1.82, 2.24) is 9.29 Å². The number of aromatic nitrogens is 1. The number of hydrogen-bond acceptors (Lipinski definition) is 8. The lowest BCUT2D eigenvalue weighted by molar-refractivity contribution is -0.384. The molecule has 0 saturated carbocycles. The van der Waals surface area contributed by atoms with Crippen LogP contribution in [0.4, 0.5) is 10.8 Å². The van der Waals surface area contributed by atoms with Gasteiger partial charge in [-0.15, -0.1) is 0 Å². The number of hydrazone groups is 1. The number of thiazole rings is 1. The molecule has 0 spiro atoms. The first-order valence-electron chi connectivity index (χ1n) is 12.4. The van der Waals surface area contributed by atoms with E-state index in [2.05, 4.69) is 26.0 Å². The summed E-state index contributed by atoms with van der Waals surface area (Å²) in [6.07, 6.45) is 3.04. The fraction of sp³-hybridized carbons (Fsp3) is 0.222. The molecular weight excluding hydrogens is 618 g/mol. The topological polar surface area (TPSA) is 126 Å². The molecule has 0 N–H and O–H groups in total. The molecule has 208 valence electrons. The van der Waals surface area contributed by atoms with Gasteiger partial charge in [-0.3, -0.25) is 14.9 Å². The summed E-state index contributed by atoms with van der Waals surface area (Å²) in [5.74, 6) is -0.515. The second kappa shape index (κ2) is 12.8. The molecule has 13 heteroatoms. The molecule has 0 radical (unpaired) electrons. The molecule has 1 aromatic heterocycles. The highest BCUT2D eigenvalue weighted by molar-refractivity contribution is 9.10. The molecule has 0 saturated heterocycles. The molecule has 3 aromatic carbocycles. The number of halogens is 1. The lowest BCUT2D eigenvalue weighted by Gasteiger charge is -2.20. The van der Waals surface area contributed by atoms with Crippen molar-refractivity contribution in [2.75, 3.05) is 18.1 Å². The van der Waals surface area contributed by atoms with Crippen LogP contribution in [0.1, 0.15) is 42.6 Å². The number of unbranched alkanes of at least 4 members (excludes halogenated alkanes) is 1. The van der Waals surface area contributed by atoms with Gasteiger partial charge in [-0.2, -0.15) is 14.4 Å². The Morgan fingerprint density at radius 2 is 1.80 bits per heavy atom. The molecule has 0 aliphatic carbocycles. The molecule has 0 aliphatic heterocycles. The third-order valence-corrected chi connectivity index (χ3v) is 9.47. The van der Waals surface area contributed by atoms with Gasteiger partial charge in [0.1, 0.15) is 0 Å². The van der Waals surface area contributed by atoms with Crippen molar-refractivity contribution < 1.29 is 18.1 Å². The number of rotatable bonds is 11. The average molecular weight is 645 g/mol. The second-order valence-electron chi connectivity index (χ2n) is 8.69. The Balaban J connectivity index is 1.68. The standard InChI is InChI=1S/C27H26BrN5O5S2/c1-3-5-16-31(4-2)40(37,38)23-13-8-20(9-14-23)26(34)32(27-30-24-15-10-21(28)17-25(24)39-27)29-18-19-6-11-22(12-7-19)33(35)36/h6-15,17-18H,3-5,16H2,1-2H3/b29-18+. The van der Waals surface area contributed by atoms with E-state index in [0.717, 1.165) is 27.0 Å². The molecule has 0 aliphatic rings. The fourth-order valence-electron chi connectivity index (χ4n) is 3.80. The molecule has 1 amide bonds. The number of non-ortho nitro benzene ring substituents is 1. The Kier molecular flexibility index (Phi) is 9.40. The van der Waals surface area contributed by atoms with Gasteiger partial charge in [0.15, 0.2) is 0 Å². The first-order chi connectivity index (χ1) is 19.1. The monoisotopic (exact) mass is 643 g/mol. The molecule has 0 fully saturated rings. The number of hydrogen-bond donors (Lipinski definition) is 0. The van der Waals surface area contributed by atoms with Gasteiger partial charge in [0, 0.05) is 35.3 Å². The number of anilines is 1. The van der Waals surface area contributed by atoms with Gasteiger partial charge >= 0.3 is 0 Å².